The second-order valence-electron chi connectivity index (χ2n) is 6.63. The summed E-state index contributed by atoms with van der Waals surface area (Å²) in [5.74, 6) is 0.555. The fourth-order valence-electron chi connectivity index (χ4n) is 3.32. The van der Waals surface area contributed by atoms with Crippen LogP contribution in [0.25, 0.3) is 11.1 Å². The smallest absolute Gasteiger partial charge is 0.353 e. The van der Waals surface area contributed by atoms with E-state index < -0.39 is 24.1 Å². The van der Waals surface area contributed by atoms with Crippen LogP contribution < -0.4 is 5.69 Å². The average Bonchev–Trinajstić information content (AvgIpc) is 3.22. The van der Waals surface area contributed by atoms with Gasteiger partial charge < -0.3 is 28.8 Å². The number of aliphatic hydroxyl groups is 2. The Kier molecular flexibility index (Phi) is 5.05. The van der Waals surface area contributed by atoms with Gasteiger partial charge in [-0.05, 0) is 25.3 Å². The molecule has 0 saturated carbocycles. The van der Waals surface area contributed by atoms with Gasteiger partial charge in [-0.3, -0.25) is 4.57 Å². The van der Waals surface area contributed by atoms with E-state index >= 15 is 0 Å². The molecular formula is C17H22N2O7. The number of ether oxygens (including phenoxy) is 3. The first kappa shape index (κ1) is 17.6. The van der Waals surface area contributed by atoms with Gasteiger partial charge >= 0.3 is 5.69 Å². The first-order valence-corrected chi connectivity index (χ1v) is 8.83. The molecule has 2 aromatic heterocycles. The minimum atomic E-state index is -0.823. The van der Waals surface area contributed by atoms with Crippen molar-refractivity contribution in [3.63, 3.8) is 0 Å². The van der Waals surface area contributed by atoms with Gasteiger partial charge in [-0.1, -0.05) is 0 Å². The van der Waals surface area contributed by atoms with Crippen LogP contribution in [0.5, 0.6) is 0 Å². The lowest BCUT2D eigenvalue weighted by Crippen LogP contribution is -2.27. The topological polar surface area (TPSA) is 116 Å². The van der Waals surface area contributed by atoms with Crippen LogP contribution in [0.1, 0.15) is 37.7 Å². The fraction of sp³-hybridized carbons (Fsp3) is 0.647. The Hall–Kier alpha value is -1.78. The van der Waals surface area contributed by atoms with Crippen LogP contribution in [0.3, 0.4) is 0 Å². The third-order valence-electron chi connectivity index (χ3n) is 4.73. The number of nitrogens with zero attached hydrogens (tertiary/aromatic N) is 2. The normalized spacial score (nSPS) is 29.5. The fourth-order valence-corrected chi connectivity index (χ4v) is 3.32. The van der Waals surface area contributed by atoms with Crippen LogP contribution in [0, 0.1) is 0 Å². The second-order valence-corrected chi connectivity index (χ2v) is 6.63. The highest BCUT2D eigenvalue weighted by Gasteiger charge is 2.35. The average molecular weight is 366 g/mol. The summed E-state index contributed by atoms with van der Waals surface area (Å²) in [5, 5.41) is 19.7. The monoisotopic (exact) mass is 366 g/mol. The summed E-state index contributed by atoms with van der Waals surface area (Å²) in [6.07, 6.45) is 2.37. The van der Waals surface area contributed by atoms with Crippen LogP contribution in [0.15, 0.2) is 21.5 Å². The van der Waals surface area contributed by atoms with E-state index in [1.54, 1.807) is 12.3 Å². The van der Waals surface area contributed by atoms with E-state index in [1.807, 2.05) is 0 Å². The molecule has 2 unspecified atom stereocenters. The summed E-state index contributed by atoms with van der Waals surface area (Å²) < 4.78 is 23.6. The largest absolute Gasteiger partial charge is 0.440 e. The SMILES string of the molecule is O=c1nc2oc(COC3CCCCO3)cc2cn1[C@H]1CC(O)[C@@H](CO)O1. The Bertz CT molecular complexity index is 811. The lowest BCUT2D eigenvalue weighted by atomic mass is 10.2. The van der Waals surface area contributed by atoms with Crippen molar-refractivity contribution in [2.75, 3.05) is 13.2 Å². The summed E-state index contributed by atoms with van der Waals surface area (Å²) in [4.78, 5) is 16.2. The molecule has 2 N–H and O–H groups in total. The van der Waals surface area contributed by atoms with Crippen molar-refractivity contribution >= 4 is 11.1 Å². The Morgan fingerprint density at radius 2 is 2.27 bits per heavy atom. The maximum atomic E-state index is 12.3. The number of aromatic nitrogens is 2. The first-order valence-electron chi connectivity index (χ1n) is 8.83. The number of hydrogen-bond acceptors (Lipinski definition) is 8. The van der Waals surface area contributed by atoms with Crippen molar-refractivity contribution in [3.8, 4) is 0 Å². The Labute approximate surface area is 149 Å². The van der Waals surface area contributed by atoms with Crippen LogP contribution in [0.2, 0.25) is 0 Å². The highest BCUT2D eigenvalue weighted by atomic mass is 16.7. The quantitative estimate of drug-likeness (QED) is 0.793. The Balaban J connectivity index is 1.50. The van der Waals surface area contributed by atoms with Crippen molar-refractivity contribution in [3.05, 3.63) is 28.5 Å². The van der Waals surface area contributed by atoms with Gasteiger partial charge in [0.1, 0.15) is 24.7 Å². The molecule has 2 aromatic rings. The van der Waals surface area contributed by atoms with Gasteiger partial charge in [0.05, 0.1) is 18.1 Å². The summed E-state index contributed by atoms with van der Waals surface area (Å²) in [7, 11) is 0. The third kappa shape index (κ3) is 3.53. The van der Waals surface area contributed by atoms with Crippen LogP contribution in [-0.4, -0.2) is 51.5 Å². The molecule has 4 rings (SSSR count). The molecule has 0 radical (unpaired) electrons. The molecule has 26 heavy (non-hydrogen) atoms. The van der Waals surface area contributed by atoms with Crippen molar-refractivity contribution in [2.24, 2.45) is 0 Å². The Morgan fingerprint density at radius 3 is 3.00 bits per heavy atom. The summed E-state index contributed by atoms with van der Waals surface area (Å²) in [6.45, 7) is 0.632. The highest BCUT2D eigenvalue weighted by molar-refractivity contribution is 5.72. The van der Waals surface area contributed by atoms with Crippen molar-refractivity contribution in [2.45, 2.75) is 57.0 Å². The van der Waals surface area contributed by atoms with E-state index in [9.17, 15) is 15.0 Å². The van der Waals surface area contributed by atoms with E-state index in [-0.39, 0.29) is 31.6 Å². The molecule has 2 fully saturated rings. The van der Waals surface area contributed by atoms with Crippen LogP contribution >= 0.6 is 0 Å². The number of furan rings is 1. The Morgan fingerprint density at radius 1 is 1.38 bits per heavy atom. The maximum absolute atomic E-state index is 12.3. The number of hydrogen-bond donors (Lipinski definition) is 2. The van der Waals surface area contributed by atoms with Crippen molar-refractivity contribution in [1.29, 1.82) is 0 Å². The van der Waals surface area contributed by atoms with Crippen molar-refractivity contribution < 1.29 is 28.8 Å². The zero-order chi connectivity index (χ0) is 18.1. The molecule has 0 bridgehead atoms. The minimum absolute atomic E-state index is 0.213. The molecule has 4 heterocycles. The van der Waals surface area contributed by atoms with Gasteiger partial charge in [0.15, 0.2) is 6.29 Å². The molecule has 2 aliphatic heterocycles. The minimum Gasteiger partial charge on any atom is -0.440 e. The molecule has 9 nitrogen and oxygen atoms in total. The summed E-state index contributed by atoms with van der Waals surface area (Å²) >= 11 is 0. The first-order chi connectivity index (χ1) is 12.6. The van der Waals surface area contributed by atoms with Gasteiger partial charge in [0.2, 0.25) is 5.71 Å². The van der Waals surface area contributed by atoms with Gasteiger partial charge in [0.25, 0.3) is 0 Å². The maximum Gasteiger partial charge on any atom is 0.353 e. The summed E-state index contributed by atoms with van der Waals surface area (Å²) in [6, 6.07) is 1.76. The van der Waals surface area contributed by atoms with Crippen LogP contribution in [0.4, 0.5) is 0 Å². The number of fused-ring (bicyclic) bond motifs is 1. The van der Waals surface area contributed by atoms with E-state index in [1.165, 1.54) is 4.57 Å². The van der Waals surface area contributed by atoms with E-state index in [0.29, 0.717) is 17.8 Å². The molecule has 4 atom stereocenters. The molecule has 0 spiro atoms. The van der Waals surface area contributed by atoms with E-state index in [0.717, 1.165) is 19.3 Å². The molecule has 2 aliphatic rings. The number of aliphatic hydroxyl groups excluding tert-OH is 2. The predicted octanol–water partition coefficient (Wildman–Crippen LogP) is 0.673. The van der Waals surface area contributed by atoms with E-state index in [2.05, 4.69) is 4.98 Å². The molecule has 9 heteroatoms. The molecule has 142 valence electrons. The predicted molar refractivity (Wildman–Crippen MR) is 88.3 cm³/mol. The zero-order valence-electron chi connectivity index (χ0n) is 14.2. The highest BCUT2D eigenvalue weighted by Crippen LogP contribution is 2.28. The van der Waals surface area contributed by atoms with Crippen molar-refractivity contribution in [1.82, 2.24) is 9.55 Å². The standard InChI is InChI=1S/C17H22N2O7/c20-8-13-12(21)6-14(26-13)19-7-10-5-11(25-16(10)18-17(19)22)9-24-15-3-1-2-4-23-15/h5,7,12-15,20-21H,1-4,6,8-9H2/t12?,13-,14-,15?/m1/s1. The van der Waals surface area contributed by atoms with Gasteiger partial charge in [-0.25, -0.2) is 4.79 Å². The lowest BCUT2D eigenvalue weighted by Gasteiger charge is -2.22. The molecule has 0 aromatic carbocycles. The van der Waals surface area contributed by atoms with Crippen LogP contribution in [-0.2, 0) is 20.8 Å². The second kappa shape index (κ2) is 7.45. The molecule has 2 saturated heterocycles. The molecular weight excluding hydrogens is 344 g/mol. The molecule has 0 aliphatic carbocycles. The lowest BCUT2D eigenvalue weighted by molar-refractivity contribution is -0.171. The number of rotatable bonds is 5. The van der Waals surface area contributed by atoms with Gasteiger partial charge in [-0.15, -0.1) is 0 Å². The zero-order valence-corrected chi connectivity index (χ0v) is 14.2. The van der Waals surface area contributed by atoms with E-state index in [4.69, 9.17) is 18.6 Å². The van der Waals surface area contributed by atoms with Gasteiger partial charge in [0, 0.05) is 19.2 Å². The summed E-state index contributed by atoms with van der Waals surface area (Å²) in [5.41, 5.74) is -0.308. The third-order valence-corrected chi connectivity index (χ3v) is 4.73. The van der Waals surface area contributed by atoms with Gasteiger partial charge in [-0.2, -0.15) is 4.98 Å². The molecule has 0 amide bonds.